The molecule has 0 fully saturated rings. The van der Waals surface area contributed by atoms with Gasteiger partial charge in [-0.05, 0) is 23.8 Å². The number of halogens is 1. The van der Waals surface area contributed by atoms with E-state index in [1.165, 1.54) is 6.07 Å². The van der Waals surface area contributed by atoms with Gasteiger partial charge in [0.15, 0.2) is 0 Å². The third-order valence-electron chi connectivity index (χ3n) is 5.13. The van der Waals surface area contributed by atoms with Crippen LogP contribution in [0.4, 0.5) is 0 Å². The first-order chi connectivity index (χ1) is 15.4. The molecule has 1 unspecified atom stereocenters. The minimum Gasteiger partial charge on any atom is -0.349 e. The van der Waals surface area contributed by atoms with Crippen molar-refractivity contribution in [3.63, 3.8) is 0 Å². The smallest absolute Gasteiger partial charge is 0.251 e. The zero-order valence-electron chi connectivity index (χ0n) is 17.9. The van der Waals surface area contributed by atoms with E-state index >= 15 is 0 Å². The van der Waals surface area contributed by atoms with Crippen LogP contribution in [-0.2, 0) is 17.6 Å². The summed E-state index contributed by atoms with van der Waals surface area (Å²) in [6.07, 6.45) is 0.491. The fraction of sp³-hybridized carbons (Fsp3) is 0.250. The molecule has 0 radical (unpaired) electrons. The fourth-order valence-electron chi connectivity index (χ4n) is 3.57. The Morgan fingerprint density at radius 3 is 2.59 bits per heavy atom. The molecule has 164 valence electrons. The third-order valence-corrected chi connectivity index (χ3v) is 5.37. The van der Waals surface area contributed by atoms with Crippen LogP contribution in [0.2, 0.25) is 5.02 Å². The highest BCUT2D eigenvalue weighted by molar-refractivity contribution is 6.31. The SMILES string of the molecule is CC(C)c1nc(CC(NC(=O)Cc2nc3ccc(Cl)cc3[nH]2)c2ccccc2)cc(=O)[nH]1. The van der Waals surface area contributed by atoms with Crippen molar-refractivity contribution in [1.29, 1.82) is 0 Å². The first-order valence-corrected chi connectivity index (χ1v) is 10.8. The lowest BCUT2D eigenvalue weighted by Crippen LogP contribution is -2.32. The van der Waals surface area contributed by atoms with Gasteiger partial charge in [0, 0.05) is 23.4 Å². The second-order valence-corrected chi connectivity index (χ2v) is 8.47. The van der Waals surface area contributed by atoms with Crippen LogP contribution in [0.1, 0.15) is 48.7 Å². The summed E-state index contributed by atoms with van der Waals surface area (Å²) < 4.78 is 0. The van der Waals surface area contributed by atoms with Gasteiger partial charge in [-0.15, -0.1) is 0 Å². The van der Waals surface area contributed by atoms with Crippen LogP contribution in [0.25, 0.3) is 11.0 Å². The van der Waals surface area contributed by atoms with Crippen molar-refractivity contribution in [2.75, 3.05) is 0 Å². The molecule has 2 aromatic carbocycles. The van der Waals surface area contributed by atoms with E-state index in [1.54, 1.807) is 12.1 Å². The summed E-state index contributed by atoms with van der Waals surface area (Å²) in [5.74, 6) is 1.10. The number of aromatic amines is 2. The van der Waals surface area contributed by atoms with Crippen molar-refractivity contribution in [2.24, 2.45) is 0 Å². The Kier molecular flexibility index (Phi) is 6.37. The van der Waals surface area contributed by atoms with E-state index in [4.69, 9.17) is 11.6 Å². The summed E-state index contributed by atoms with van der Waals surface area (Å²) in [6, 6.07) is 16.2. The number of benzene rings is 2. The van der Waals surface area contributed by atoms with Crippen LogP contribution in [0.3, 0.4) is 0 Å². The van der Waals surface area contributed by atoms with Crippen molar-refractivity contribution >= 4 is 28.5 Å². The molecule has 2 heterocycles. The topological polar surface area (TPSA) is 104 Å². The Hall–Kier alpha value is -3.45. The summed E-state index contributed by atoms with van der Waals surface area (Å²) in [5, 5.41) is 3.68. The molecule has 1 amide bonds. The quantitative estimate of drug-likeness (QED) is 0.395. The first kappa shape index (κ1) is 21.8. The predicted octanol–water partition coefficient (Wildman–Crippen LogP) is 4.07. The molecule has 8 heteroatoms. The highest BCUT2D eigenvalue weighted by atomic mass is 35.5. The Morgan fingerprint density at radius 2 is 1.84 bits per heavy atom. The molecule has 4 rings (SSSR count). The fourth-order valence-corrected chi connectivity index (χ4v) is 3.74. The summed E-state index contributed by atoms with van der Waals surface area (Å²) in [5.41, 5.74) is 2.91. The number of carbonyl (C=O) groups excluding carboxylic acids is 1. The van der Waals surface area contributed by atoms with Gasteiger partial charge in [0.25, 0.3) is 5.56 Å². The number of carbonyl (C=O) groups is 1. The highest BCUT2D eigenvalue weighted by Gasteiger charge is 2.18. The second kappa shape index (κ2) is 9.36. The number of hydrogen-bond donors (Lipinski definition) is 3. The van der Waals surface area contributed by atoms with Crippen LogP contribution in [0, 0.1) is 0 Å². The minimum absolute atomic E-state index is 0.0917. The molecule has 0 aliphatic carbocycles. The number of aromatic nitrogens is 4. The van der Waals surface area contributed by atoms with Gasteiger partial charge in [0.2, 0.25) is 5.91 Å². The number of amides is 1. The van der Waals surface area contributed by atoms with Gasteiger partial charge in [0.05, 0.1) is 29.2 Å². The van der Waals surface area contributed by atoms with Gasteiger partial charge < -0.3 is 15.3 Å². The van der Waals surface area contributed by atoms with Crippen LogP contribution in [-0.4, -0.2) is 25.8 Å². The zero-order chi connectivity index (χ0) is 22.7. The maximum absolute atomic E-state index is 12.9. The van der Waals surface area contributed by atoms with Gasteiger partial charge in [-0.3, -0.25) is 9.59 Å². The average Bonchev–Trinajstić information content (AvgIpc) is 3.14. The number of H-pyrrole nitrogens is 2. The zero-order valence-corrected chi connectivity index (χ0v) is 18.6. The molecular formula is C24H24ClN5O2. The van der Waals surface area contributed by atoms with Crippen LogP contribution in [0.5, 0.6) is 0 Å². The average molecular weight is 450 g/mol. The van der Waals surface area contributed by atoms with Crippen LogP contribution < -0.4 is 10.9 Å². The monoisotopic (exact) mass is 449 g/mol. The number of imidazole rings is 1. The first-order valence-electron chi connectivity index (χ1n) is 10.5. The van der Waals surface area contributed by atoms with E-state index in [1.807, 2.05) is 50.2 Å². The lowest BCUT2D eigenvalue weighted by Gasteiger charge is -2.19. The van der Waals surface area contributed by atoms with Crippen molar-refractivity contribution in [2.45, 2.75) is 38.6 Å². The van der Waals surface area contributed by atoms with Gasteiger partial charge in [-0.1, -0.05) is 55.8 Å². The Bertz CT molecular complexity index is 1300. The lowest BCUT2D eigenvalue weighted by molar-refractivity contribution is -0.121. The Labute approximate surface area is 190 Å². The molecule has 0 spiro atoms. The van der Waals surface area contributed by atoms with Gasteiger partial charge >= 0.3 is 0 Å². The van der Waals surface area contributed by atoms with E-state index in [-0.39, 0.29) is 29.8 Å². The van der Waals surface area contributed by atoms with Crippen LogP contribution >= 0.6 is 11.6 Å². The molecular weight excluding hydrogens is 426 g/mol. The van der Waals surface area contributed by atoms with Gasteiger partial charge in [-0.25, -0.2) is 9.97 Å². The second-order valence-electron chi connectivity index (χ2n) is 8.03. The van der Waals surface area contributed by atoms with Crippen molar-refractivity contribution in [3.05, 3.63) is 92.9 Å². The maximum atomic E-state index is 12.9. The molecule has 3 N–H and O–H groups in total. The van der Waals surface area contributed by atoms with E-state index in [9.17, 15) is 9.59 Å². The molecule has 0 aliphatic heterocycles. The lowest BCUT2D eigenvalue weighted by atomic mass is 10.0. The molecule has 7 nitrogen and oxygen atoms in total. The molecule has 1 atom stereocenters. The Balaban J connectivity index is 1.55. The third kappa shape index (κ3) is 5.23. The summed E-state index contributed by atoms with van der Waals surface area (Å²) in [4.78, 5) is 40.0. The molecule has 0 bridgehead atoms. The minimum atomic E-state index is -0.336. The van der Waals surface area contributed by atoms with Crippen molar-refractivity contribution in [1.82, 2.24) is 25.3 Å². The number of fused-ring (bicyclic) bond motifs is 1. The summed E-state index contributed by atoms with van der Waals surface area (Å²) in [7, 11) is 0. The standard InChI is InChI=1S/C24H24ClN5O2/c1-14(2)24-26-17(12-22(31)30-24)11-19(15-6-4-3-5-7-15)29-23(32)13-21-27-18-9-8-16(25)10-20(18)28-21/h3-10,12,14,19H,11,13H2,1-2H3,(H,27,28)(H,29,32)(H,26,30,31). The normalized spacial score (nSPS) is 12.2. The largest absolute Gasteiger partial charge is 0.349 e. The van der Waals surface area contributed by atoms with Crippen LogP contribution in [0.15, 0.2) is 59.4 Å². The Morgan fingerprint density at radius 1 is 1.06 bits per heavy atom. The number of nitrogens with one attached hydrogen (secondary N) is 3. The maximum Gasteiger partial charge on any atom is 0.251 e. The van der Waals surface area contributed by atoms with E-state index in [2.05, 4.69) is 25.3 Å². The molecule has 0 saturated carbocycles. The molecule has 0 aliphatic rings. The van der Waals surface area contributed by atoms with Gasteiger partial charge in [-0.2, -0.15) is 0 Å². The van der Waals surface area contributed by atoms with E-state index < -0.39 is 0 Å². The summed E-state index contributed by atoms with van der Waals surface area (Å²) in [6.45, 7) is 3.94. The number of rotatable bonds is 7. The predicted molar refractivity (Wildman–Crippen MR) is 125 cm³/mol. The van der Waals surface area contributed by atoms with Crippen molar-refractivity contribution in [3.8, 4) is 0 Å². The molecule has 32 heavy (non-hydrogen) atoms. The number of nitrogens with zero attached hydrogens (tertiary/aromatic N) is 2. The number of hydrogen-bond acceptors (Lipinski definition) is 4. The molecule has 0 saturated heterocycles. The van der Waals surface area contributed by atoms with Gasteiger partial charge in [0.1, 0.15) is 11.6 Å². The van der Waals surface area contributed by atoms with Crippen molar-refractivity contribution < 1.29 is 4.79 Å². The molecule has 4 aromatic rings. The highest BCUT2D eigenvalue weighted by Crippen LogP contribution is 2.20. The molecule has 2 aromatic heterocycles. The van der Waals surface area contributed by atoms with E-state index in [0.717, 1.165) is 16.6 Å². The summed E-state index contributed by atoms with van der Waals surface area (Å²) >= 11 is 6.03. The van der Waals surface area contributed by atoms with E-state index in [0.29, 0.717) is 28.8 Å².